The lowest BCUT2D eigenvalue weighted by molar-refractivity contribution is 0.272. The van der Waals surface area contributed by atoms with Gasteiger partial charge in [-0.1, -0.05) is 23.2 Å². The third kappa shape index (κ3) is 3.51. The molecule has 0 fully saturated rings. The zero-order chi connectivity index (χ0) is 22.7. The van der Waals surface area contributed by atoms with E-state index >= 15 is 0 Å². The average molecular weight is 496 g/mol. The van der Waals surface area contributed by atoms with E-state index in [1.807, 2.05) is 19.1 Å². The zero-order valence-electron chi connectivity index (χ0n) is 17.5. The molecule has 7 nitrogen and oxygen atoms in total. The molecule has 10 heteroatoms. The Hall–Kier alpha value is -3.20. The molecule has 0 N–H and O–H groups in total. The number of pyridine rings is 1. The van der Waals surface area contributed by atoms with E-state index in [1.165, 1.54) is 0 Å². The molecule has 0 unspecified atom stereocenters. The van der Waals surface area contributed by atoms with Gasteiger partial charge in [0.15, 0.2) is 11.4 Å². The van der Waals surface area contributed by atoms with Gasteiger partial charge >= 0.3 is 0 Å². The number of thiophene rings is 1. The molecule has 0 bridgehead atoms. The topological polar surface area (TPSA) is 78.3 Å². The van der Waals surface area contributed by atoms with E-state index in [-0.39, 0.29) is 6.61 Å². The molecule has 0 saturated carbocycles. The van der Waals surface area contributed by atoms with Gasteiger partial charge in [0.1, 0.15) is 34.0 Å². The molecule has 0 saturated heterocycles. The Morgan fingerprint density at radius 3 is 2.82 bits per heavy atom. The number of hydrogen-bond donors (Lipinski definition) is 0. The minimum absolute atomic E-state index is 0.209. The highest BCUT2D eigenvalue weighted by molar-refractivity contribution is 7.26. The van der Waals surface area contributed by atoms with Gasteiger partial charge in [-0.25, -0.2) is 19.5 Å². The third-order valence-corrected chi connectivity index (χ3v) is 6.84. The van der Waals surface area contributed by atoms with Gasteiger partial charge in [-0.3, -0.25) is 0 Å². The van der Waals surface area contributed by atoms with Crippen molar-refractivity contribution in [1.82, 2.24) is 24.6 Å². The molecule has 5 aromatic heterocycles. The van der Waals surface area contributed by atoms with Gasteiger partial charge in [-0.15, -0.1) is 16.4 Å². The molecular formula is C23H15Cl2N5O2S. The van der Waals surface area contributed by atoms with Crippen LogP contribution in [0.2, 0.25) is 10.0 Å². The molecule has 33 heavy (non-hydrogen) atoms. The van der Waals surface area contributed by atoms with Crippen molar-refractivity contribution in [1.29, 1.82) is 0 Å². The molecule has 1 aromatic carbocycles. The fraction of sp³-hybridized carbons (Fsp3) is 0.130. The van der Waals surface area contributed by atoms with Crippen molar-refractivity contribution in [2.45, 2.75) is 20.5 Å². The first-order valence-corrected chi connectivity index (χ1v) is 11.6. The number of aryl methyl sites for hydroxylation is 2. The summed E-state index contributed by atoms with van der Waals surface area (Å²) in [6, 6.07) is 10.8. The summed E-state index contributed by atoms with van der Waals surface area (Å²) in [5.74, 6) is 2.16. The highest BCUT2D eigenvalue weighted by Crippen LogP contribution is 2.36. The number of aromatic nitrogens is 5. The first kappa shape index (κ1) is 20.4. The summed E-state index contributed by atoms with van der Waals surface area (Å²) in [6.45, 7) is 4.28. The summed E-state index contributed by atoms with van der Waals surface area (Å²) < 4.78 is 14.3. The Morgan fingerprint density at radius 1 is 1.09 bits per heavy atom. The van der Waals surface area contributed by atoms with E-state index < -0.39 is 0 Å². The van der Waals surface area contributed by atoms with E-state index in [9.17, 15) is 0 Å². The lowest BCUT2D eigenvalue weighted by Gasteiger charge is -2.06. The molecule has 0 atom stereocenters. The highest BCUT2D eigenvalue weighted by Gasteiger charge is 2.18. The maximum absolute atomic E-state index is 6.17. The van der Waals surface area contributed by atoms with E-state index in [0.29, 0.717) is 33.1 Å². The number of hydrogen-bond acceptors (Lipinski definition) is 7. The first-order valence-electron chi connectivity index (χ1n) is 10.0. The van der Waals surface area contributed by atoms with Crippen LogP contribution in [0.25, 0.3) is 37.7 Å². The summed E-state index contributed by atoms with van der Waals surface area (Å²) in [7, 11) is 0. The normalized spacial score (nSPS) is 11.8. The van der Waals surface area contributed by atoms with Crippen molar-refractivity contribution >= 4 is 60.6 Å². The Balaban J connectivity index is 1.34. The SMILES string of the molecule is Cc1cc(C)c2c(n1)sc1c2ncn2nc(-c3ccc(COc4ccc(Cl)cc4Cl)o3)nc12. The standard InChI is InChI=1S/C23H15Cl2N5O2S/c1-11-7-12(2)27-23-18(11)19-20(33-23)22-28-21(29-30(22)10-26-19)17-6-4-14(32-17)9-31-16-5-3-13(24)8-15(16)25/h3-8,10H,9H2,1-2H3. The van der Waals surface area contributed by atoms with Gasteiger partial charge in [-0.05, 0) is 55.8 Å². The first-order chi connectivity index (χ1) is 16.0. The Kier molecular flexibility index (Phi) is 4.76. The second-order valence-electron chi connectivity index (χ2n) is 7.62. The minimum atomic E-state index is 0.209. The molecule has 0 spiro atoms. The fourth-order valence-electron chi connectivity index (χ4n) is 3.79. The fourth-order valence-corrected chi connectivity index (χ4v) is 5.48. The Labute approximate surface area is 201 Å². The van der Waals surface area contributed by atoms with Crippen LogP contribution in [0.4, 0.5) is 0 Å². The van der Waals surface area contributed by atoms with Gasteiger partial charge in [0, 0.05) is 16.1 Å². The highest BCUT2D eigenvalue weighted by atomic mass is 35.5. The second-order valence-corrected chi connectivity index (χ2v) is 9.46. The van der Waals surface area contributed by atoms with E-state index in [1.54, 1.807) is 40.4 Å². The number of furan rings is 1. The molecule has 164 valence electrons. The molecule has 6 rings (SSSR count). The third-order valence-electron chi connectivity index (χ3n) is 5.24. The van der Waals surface area contributed by atoms with Gasteiger partial charge in [0.05, 0.1) is 10.5 Å². The maximum atomic E-state index is 6.17. The van der Waals surface area contributed by atoms with Crippen LogP contribution >= 0.6 is 34.5 Å². The molecule has 0 radical (unpaired) electrons. The molecule has 0 aliphatic rings. The van der Waals surface area contributed by atoms with E-state index in [0.717, 1.165) is 37.3 Å². The summed E-state index contributed by atoms with van der Waals surface area (Å²) in [4.78, 5) is 15.0. The van der Waals surface area contributed by atoms with Gasteiger partial charge < -0.3 is 9.15 Å². The largest absolute Gasteiger partial charge is 0.484 e. The van der Waals surface area contributed by atoms with Crippen LogP contribution in [0.3, 0.4) is 0 Å². The molecule has 0 amide bonds. The summed E-state index contributed by atoms with van der Waals surface area (Å²) in [6.07, 6.45) is 1.68. The molecule has 6 aromatic rings. The van der Waals surface area contributed by atoms with Gasteiger partial charge in [0.25, 0.3) is 0 Å². The molecular weight excluding hydrogens is 481 g/mol. The number of rotatable bonds is 4. The number of halogens is 2. The Bertz CT molecular complexity index is 1690. The average Bonchev–Trinajstić information content (AvgIpc) is 3.48. The summed E-state index contributed by atoms with van der Waals surface area (Å²) in [5.41, 5.74) is 3.74. The minimum Gasteiger partial charge on any atom is -0.484 e. The summed E-state index contributed by atoms with van der Waals surface area (Å²) in [5, 5.41) is 6.61. The Morgan fingerprint density at radius 2 is 1.97 bits per heavy atom. The molecule has 5 heterocycles. The van der Waals surface area contributed by atoms with Crippen LogP contribution in [-0.2, 0) is 6.61 Å². The zero-order valence-corrected chi connectivity index (χ0v) is 19.8. The van der Waals surface area contributed by atoms with Crippen LogP contribution in [-0.4, -0.2) is 24.6 Å². The summed E-state index contributed by atoms with van der Waals surface area (Å²) >= 11 is 13.7. The quantitative estimate of drug-likeness (QED) is 0.272. The van der Waals surface area contributed by atoms with Crippen LogP contribution in [0.15, 0.2) is 47.1 Å². The van der Waals surface area contributed by atoms with Crippen LogP contribution in [0, 0.1) is 13.8 Å². The predicted molar refractivity (Wildman–Crippen MR) is 129 cm³/mol. The lowest BCUT2D eigenvalue weighted by atomic mass is 10.1. The van der Waals surface area contributed by atoms with Gasteiger partial charge in [0.2, 0.25) is 5.82 Å². The predicted octanol–water partition coefficient (Wildman–Crippen LogP) is 6.65. The van der Waals surface area contributed by atoms with E-state index in [4.69, 9.17) is 37.3 Å². The van der Waals surface area contributed by atoms with Gasteiger partial charge in [-0.2, -0.15) is 0 Å². The monoisotopic (exact) mass is 495 g/mol. The van der Waals surface area contributed by atoms with Crippen molar-refractivity contribution in [3.05, 3.63) is 69.8 Å². The van der Waals surface area contributed by atoms with Crippen molar-refractivity contribution in [2.24, 2.45) is 0 Å². The van der Waals surface area contributed by atoms with E-state index in [2.05, 4.69) is 28.1 Å². The number of benzene rings is 1. The molecule has 0 aliphatic carbocycles. The second kappa shape index (κ2) is 7.69. The van der Waals surface area contributed by atoms with Crippen LogP contribution in [0.5, 0.6) is 5.75 Å². The van der Waals surface area contributed by atoms with Crippen LogP contribution in [0.1, 0.15) is 17.0 Å². The maximum Gasteiger partial charge on any atom is 0.218 e. The van der Waals surface area contributed by atoms with Crippen molar-refractivity contribution in [2.75, 3.05) is 0 Å². The smallest absolute Gasteiger partial charge is 0.218 e. The number of ether oxygens (including phenoxy) is 1. The molecule has 0 aliphatic heterocycles. The van der Waals surface area contributed by atoms with Crippen molar-refractivity contribution in [3.63, 3.8) is 0 Å². The van der Waals surface area contributed by atoms with Crippen LogP contribution < -0.4 is 4.74 Å². The van der Waals surface area contributed by atoms with Crippen molar-refractivity contribution in [3.8, 4) is 17.3 Å². The lowest BCUT2D eigenvalue weighted by Crippen LogP contribution is -1.94. The van der Waals surface area contributed by atoms with Crippen molar-refractivity contribution < 1.29 is 9.15 Å². The number of fused-ring (bicyclic) bond motifs is 5. The number of nitrogens with zero attached hydrogens (tertiary/aromatic N) is 5.